The molecule has 1 unspecified atom stereocenters. The summed E-state index contributed by atoms with van der Waals surface area (Å²) in [7, 11) is 2.06. The molecular weight excluding hydrogens is 318 g/mol. The maximum atomic E-state index is 12.3. The van der Waals surface area contributed by atoms with E-state index in [4.69, 9.17) is 4.74 Å². The van der Waals surface area contributed by atoms with Crippen molar-refractivity contribution in [2.75, 3.05) is 26.7 Å². The molecule has 0 saturated heterocycles. The first-order chi connectivity index (χ1) is 11.9. The monoisotopic (exact) mass is 349 g/mol. The summed E-state index contributed by atoms with van der Waals surface area (Å²) in [5, 5.41) is 5.51. The third-order valence-electron chi connectivity index (χ3n) is 3.81. The van der Waals surface area contributed by atoms with Crippen LogP contribution in [-0.4, -0.2) is 49.7 Å². The van der Waals surface area contributed by atoms with Crippen LogP contribution in [0, 0.1) is 5.92 Å². The number of carbonyl (C=O) groups is 2. The van der Waals surface area contributed by atoms with E-state index >= 15 is 0 Å². The maximum absolute atomic E-state index is 12.3. The van der Waals surface area contributed by atoms with E-state index in [2.05, 4.69) is 34.7 Å². The van der Waals surface area contributed by atoms with Gasteiger partial charge in [0.1, 0.15) is 6.04 Å². The summed E-state index contributed by atoms with van der Waals surface area (Å²) in [5.74, 6) is -0.182. The van der Waals surface area contributed by atoms with Crippen LogP contribution >= 0.6 is 0 Å². The normalized spacial score (nSPS) is 12.1. The van der Waals surface area contributed by atoms with E-state index in [1.807, 2.05) is 32.0 Å². The van der Waals surface area contributed by atoms with Gasteiger partial charge in [0.25, 0.3) is 0 Å². The van der Waals surface area contributed by atoms with Crippen LogP contribution in [0.2, 0.25) is 0 Å². The van der Waals surface area contributed by atoms with E-state index in [-0.39, 0.29) is 18.4 Å². The lowest BCUT2D eigenvalue weighted by molar-refractivity contribution is -0.124. The molecule has 2 amide bonds. The molecule has 6 heteroatoms. The highest BCUT2D eigenvalue weighted by Crippen LogP contribution is 2.04. The molecule has 1 rings (SSSR count). The molecule has 0 aliphatic heterocycles. The van der Waals surface area contributed by atoms with Crippen molar-refractivity contribution in [3.8, 4) is 0 Å². The van der Waals surface area contributed by atoms with E-state index in [0.717, 1.165) is 19.5 Å². The lowest BCUT2D eigenvalue weighted by atomic mass is 10.0. The number of nitrogens with one attached hydrogen (secondary N) is 2. The van der Waals surface area contributed by atoms with Gasteiger partial charge in [-0.05, 0) is 38.4 Å². The largest absolute Gasteiger partial charge is 0.450 e. The van der Waals surface area contributed by atoms with Gasteiger partial charge in [0.2, 0.25) is 5.91 Å². The first-order valence-electron chi connectivity index (χ1n) is 8.87. The van der Waals surface area contributed by atoms with Crippen LogP contribution < -0.4 is 10.6 Å². The van der Waals surface area contributed by atoms with E-state index in [1.54, 1.807) is 6.92 Å². The third-order valence-corrected chi connectivity index (χ3v) is 3.81. The number of alkyl carbamates (subject to hydrolysis) is 1. The predicted octanol–water partition coefficient (Wildman–Crippen LogP) is 2.40. The van der Waals surface area contributed by atoms with E-state index in [0.29, 0.717) is 6.54 Å². The Labute approximate surface area is 150 Å². The van der Waals surface area contributed by atoms with Crippen LogP contribution in [0.5, 0.6) is 0 Å². The van der Waals surface area contributed by atoms with Crippen molar-refractivity contribution < 1.29 is 14.3 Å². The molecule has 140 valence electrons. The van der Waals surface area contributed by atoms with Gasteiger partial charge in [-0.2, -0.15) is 0 Å². The van der Waals surface area contributed by atoms with E-state index < -0.39 is 12.1 Å². The number of nitrogens with zero attached hydrogens (tertiary/aromatic N) is 1. The highest BCUT2D eigenvalue weighted by molar-refractivity contribution is 5.85. The molecule has 0 bridgehead atoms. The molecule has 0 fully saturated rings. The Hall–Kier alpha value is -2.08. The van der Waals surface area contributed by atoms with Crippen LogP contribution in [0.1, 0.15) is 32.8 Å². The van der Waals surface area contributed by atoms with E-state index in [9.17, 15) is 9.59 Å². The van der Waals surface area contributed by atoms with Crippen molar-refractivity contribution in [3.63, 3.8) is 0 Å². The van der Waals surface area contributed by atoms with Crippen LogP contribution in [0.25, 0.3) is 0 Å². The number of carbonyl (C=O) groups excluding carboxylic acids is 2. The zero-order valence-electron chi connectivity index (χ0n) is 15.7. The fraction of sp³-hybridized carbons (Fsp3) is 0.579. The summed E-state index contributed by atoms with van der Waals surface area (Å²) < 4.78 is 4.85. The van der Waals surface area contributed by atoms with Crippen LogP contribution in [-0.2, 0) is 16.1 Å². The smallest absolute Gasteiger partial charge is 0.407 e. The van der Waals surface area contributed by atoms with Gasteiger partial charge in [0.05, 0.1) is 6.61 Å². The minimum atomic E-state index is -0.582. The average Bonchev–Trinajstić information content (AvgIpc) is 2.57. The number of amides is 2. The third kappa shape index (κ3) is 8.54. The second-order valence-corrected chi connectivity index (χ2v) is 6.45. The number of hydrogen-bond acceptors (Lipinski definition) is 4. The fourth-order valence-electron chi connectivity index (χ4n) is 2.48. The van der Waals surface area contributed by atoms with Crippen molar-refractivity contribution >= 4 is 12.0 Å². The number of hydrogen-bond donors (Lipinski definition) is 2. The molecule has 1 aromatic rings. The molecule has 6 nitrogen and oxygen atoms in total. The molecule has 1 atom stereocenters. The average molecular weight is 349 g/mol. The lowest BCUT2D eigenvalue weighted by Gasteiger charge is -2.22. The van der Waals surface area contributed by atoms with E-state index in [1.165, 1.54) is 5.56 Å². The number of benzene rings is 1. The second-order valence-electron chi connectivity index (χ2n) is 6.45. The minimum Gasteiger partial charge on any atom is -0.450 e. The Morgan fingerprint density at radius 3 is 2.48 bits per heavy atom. The highest BCUT2D eigenvalue weighted by atomic mass is 16.5. The zero-order valence-corrected chi connectivity index (χ0v) is 15.7. The quantitative estimate of drug-likeness (QED) is 0.636. The molecule has 2 N–H and O–H groups in total. The van der Waals surface area contributed by atoms with Gasteiger partial charge in [0.15, 0.2) is 0 Å². The first-order valence-corrected chi connectivity index (χ1v) is 8.87. The summed E-state index contributed by atoms with van der Waals surface area (Å²) in [6.07, 6.45) is 0.290. The van der Waals surface area contributed by atoms with Crippen molar-refractivity contribution in [2.45, 2.75) is 39.8 Å². The number of rotatable bonds is 10. The maximum Gasteiger partial charge on any atom is 0.407 e. The van der Waals surface area contributed by atoms with Gasteiger partial charge >= 0.3 is 6.09 Å². The lowest BCUT2D eigenvalue weighted by Crippen LogP contribution is -2.50. The van der Waals surface area contributed by atoms with Crippen molar-refractivity contribution in [1.29, 1.82) is 0 Å². The summed E-state index contributed by atoms with van der Waals surface area (Å²) in [6.45, 7) is 8.14. The Kier molecular flexibility index (Phi) is 9.62. The number of ether oxygens (including phenoxy) is 1. The Bertz CT molecular complexity index is 520. The standard InChI is InChI=1S/C19H31N3O3/c1-5-25-19(24)21-17(15(2)3)18(23)20-12-9-13-22(4)14-16-10-7-6-8-11-16/h6-8,10-11,15,17H,5,9,12-14H2,1-4H3,(H,20,23)(H,21,24). The topological polar surface area (TPSA) is 70.7 Å². The molecule has 0 aromatic heterocycles. The van der Waals surface area contributed by atoms with Crippen LogP contribution in [0.15, 0.2) is 30.3 Å². The molecule has 0 saturated carbocycles. The Morgan fingerprint density at radius 1 is 1.20 bits per heavy atom. The van der Waals surface area contributed by atoms with Gasteiger partial charge in [0, 0.05) is 13.1 Å². The molecule has 0 radical (unpaired) electrons. The van der Waals surface area contributed by atoms with Crippen molar-refractivity contribution in [2.24, 2.45) is 5.92 Å². The Morgan fingerprint density at radius 2 is 1.88 bits per heavy atom. The molecule has 0 aliphatic carbocycles. The van der Waals surface area contributed by atoms with Crippen molar-refractivity contribution in [1.82, 2.24) is 15.5 Å². The zero-order chi connectivity index (χ0) is 18.7. The molecule has 0 spiro atoms. The van der Waals surface area contributed by atoms with Gasteiger partial charge in [-0.1, -0.05) is 44.2 Å². The molecular formula is C19H31N3O3. The van der Waals surface area contributed by atoms with Gasteiger partial charge in [-0.25, -0.2) is 4.79 Å². The first kappa shape index (κ1) is 21.0. The molecule has 0 aliphatic rings. The summed E-state index contributed by atoms with van der Waals surface area (Å²) >= 11 is 0. The van der Waals surface area contributed by atoms with Gasteiger partial charge in [-0.3, -0.25) is 4.79 Å². The predicted molar refractivity (Wildman–Crippen MR) is 99.2 cm³/mol. The molecule has 0 heterocycles. The van der Waals surface area contributed by atoms with Crippen molar-refractivity contribution in [3.05, 3.63) is 35.9 Å². The molecule has 1 aromatic carbocycles. The summed E-state index contributed by atoms with van der Waals surface area (Å²) in [6, 6.07) is 9.70. The SMILES string of the molecule is CCOC(=O)NC(C(=O)NCCCN(C)Cc1ccccc1)C(C)C. The Balaban J connectivity index is 2.30. The van der Waals surface area contributed by atoms with Gasteiger partial charge < -0.3 is 20.3 Å². The highest BCUT2D eigenvalue weighted by Gasteiger charge is 2.24. The minimum absolute atomic E-state index is 0.00911. The van der Waals surface area contributed by atoms with Crippen LogP contribution in [0.4, 0.5) is 4.79 Å². The second kappa shape index (κ2) is 11.5. The fourth-order valence-corrected chi connectivity index (χ4v) is 2.48. The molecule has 25 heavy (non-hydrogen) atoms. The summed E-state index contributed by atoms with van der Waals surface area (Å²) in [4.78, 5) is 26.0. The van der Waals surface area contributed by atoms with Crippen LogP contribution in [0.3, 0.4) is 0 Å². The van der Waals surface area contributed by atoms with Gasteiger partial charge in [-0.15, -0.1) is 0 Å². The summed E-state index contributed by atoms with van der Waals surface area (Å²) in [5.41, 5.74) is 1.27.